The van der Waals surface area contributed by atoms with Crippen LogP contribution in [0.25, 0.3) is 0 Å². The average molecular weight is 310 g/mol. The molecular weight excluding hydrogens is 288 g/mol. The molecule has 2 aliphatic heterocycles. The van der Waals surface area contributed by atoms with E-state index in [0.29, 0.717) is 30.3 Å². The zero-order valence-electron chi connectivity index (χ0n) is 12.1. The van der Waals surface area contributed by atoms with E-state index in [9.17, 15) is 8.42 Å². The monoisotopic (exact) mass is 310 g/mol. The highest BCUT2D eigenvalue weighted by atomic mass is 32.2. The number of piperidine rings is 1. The van der Waals surface area contributed by atoms with Crippen LogP contribution in [-0.2, 0) is 10.0 Å². The lowest BCUT2D eigenvalue weighted by Crippen LogP contribution is -2.44. The summed E-state index contributed by atoms with van der Waals surface area (Å²) in [6, 6.07) is 3.44. The zero-order chi connectivity index (χ0) is 14.9. The Bertz CT molecular complexity index is 599. The number of anilines is 1. The molecular formula is C14H22N4O2S. The Balaban J connectivity index is 1.95. The molecule has 1 unspecified atom stereocenters. The van der Waals surface area contributed by atoms with E-state index in [2.05, 4.69) is 4.98 Å². The van der Waals surface area contributed by atoms with Crippen molar-refractivity contribution in [3.8, 4) is 0 Å². The summed E-state index contributed by atoms with van der Waals surface area (Å²) in [6.45, 7) is 2.69. The summed E-state index contributed by atoms with van der Waals surface area (Å²) in [4.78, 5) is 6.67. The van der Waals surface area contributed by atoms with E-state index in [0.717, 1.165) is 32.2 Å². The standard InChI is InChI=1S/C14H22N4O2S/c15-12-5-4-8-17(11-12)14-13(6-3-7-16-14)21(19,20)18-9-1-2-10-18/h3,6-7,12H,1-2,4-5,8-11,15H2. The van der Waals surface area contributed by atoms with E-state index in [1.807, 2.05) is 4.90 Å². The summed E-state index contributed by atoms with van der Waals surface area (Å²) >= 11 is 0. The fourth-order valence-electron chi connectivity index (χ4n) is 3.09. The number of sulfonamides is 1. The Labute approximate surface area is 126 Å². The lowest BCUT2D eigenvalue weighted by Gasteiger charge is -2.33. The molecule has 2 N–H and O–H groups in total. The van der Waals surface area contributed by atoms with Gasteiger partial charge in [-0.3, -0.25) is 0 Å². The Morgan fingerprint density at radius 3 is 2.67 bits per heavy atom. The summed E-state index contributed by atoms with van der Waals surface area (Å²) < 4.78 is 27.2. The Morgan fingerprint density at radius 2 is 1.95 bits per heavy atom. The summed E-state index contributed by atoms with van der Waals surface area (Å²) in [5.74, 6) is 0.555. The van der Waals surface area contributed by atoms with Gasteiger partial charge in [0.15, 0.2) is 0 Å². The van der Waals surface area contributed by atoms with Crippen LogP contribution >= 0.6 is 0 Å². The highest BCUT2D eigenvalue weighted by Crippen LogP contribution is 2.29. The first-order valence-corrected chi connectivity index (χ1v) is 8.99. The minimum Gasteiger partial charge on any atom is -0.354 e. The van der Waals surface area contributed by atoms with Crippen molar-refractivity contribution in [2.75, 3.05) is 31.1 Å². The van der Waals surface area contributed by atoms with E-state index in [1.54, 1.807) is 22.6 Å². The van der Waals surface area contributed by atoms with Crippen LogP contribution in [0.2, 0.25) is 0 Å². The van der Waals surface area contributed by atoms with Crippen molar-refractivity contribution in [3.63, 3.8) is 0 Å². The van der Waals surface area contributed by atoms with Crippen LogP contribution in [-0.4, -0.2) is 49.9 Å². The topological polar surface area (TPSA) is 79.5 Å². The zero-order valence-corrected chi connectivity index (χ0v) is 12.9. The minimum atomic E-state index is -3.45. The summed E-state index contributed by atoms with van der Waals surface area (Å²) in [5.41, 5.74) is 6.01. The molecule has 0 bridgehead atoms. The maximum atomic E-state index is 12.8. The number of pyridine rings is 1. The number of hydrogen-bond donors (Lipinski definition) is 1. The van der Waals surface area contributed by atoms with Gasteiger partial charge in [-0.25, -0.2) is 13.4 Å². The van der Waals surface area contributed by atoms with Crippen LogP contribution in [0.1, 0.15) is 25.7 Å². The molecule has 1 aromatic rings. The SMILES string of the molecule is NC1CCCN(c2ncccc2S(=O)(=O)N2CCCC2)C1. The van der Waals surface area contributed by atoms with Crippen molar-refractivity contribution in [1.29, 1.82) is 0 Å². The average Bonchev–Trinajstić information content (AvgIpc) is 3.02. The van der Waals surface area contributed by atoms with Gasteiger partial charge in [0.25, 0.3) is 0 Å². The van der Waals surface area contributed by atoms with Crippen molar-refractivity contribution in [1.82, 2.24) is 9.29 Å². The third-order valence-electron chi connectivity index (χ3n) is 4.19. The molecule has 2 saturated heterocycles. The van der Waals surface area contributed by atoms with E-state index in [4.69, 9.17) is 5.73 Å². The summed E-state index contributed by atoms with van der Waals surface area (Å²) in [7, 11) is -3.45. The fourth-order valence-corrected chi connectivity index (χ4v) is 4.77. The molecule has 2 aliphatic rings. The maximum Gasteiger partial charge on any atom is 0.246 e. The molecule has 0 radical (unpaired) electrons. The molecule has 3 rings (SSSR count). The van der Waals surface area contributed by atoms with Crippen molar-refractivity contribution in [2.24, 2.45) is 5.73 Å². The summed E-state index contributed by atoms with van der Waals surface area (Å²) in [6.07, 6.45) is 5.48. The molecule has 0 amide bonds. The van der Waals surface area contributed by atoms with Gasteiger partial charge in [0.1, 0.15) is 10.7 Å². The molecule has 1 atom stereocenters. The first kappa shape index (κ1) is 14.7. The van der Waals surface area contributed by atoms with Gasteiger partial charge in [0.05, 0.1) is 0 Å². The van der Waals surface area contributed by atoms with Gasteiger partial charge < -0.3 is 10.6 Å². The molecule has 0 spiro atoms. The van der Waals surface area contributed by atoms with Crippen molar-refractivity contribution >= 4 is 15.8 Å². The molecule has 6 nitrogen and oxygen atoms in total. The quantitative estimate of drug-likeness (QED) is 0.893. The number of nitrogens with two attached hydrogens (primary N) is 1. The molecule has 116 valence electrons. The molecule has 7 heteroatoms. The minimum absolute atomic E-state index is 0.0862. The fraction of sp³-hybridized carbons (Fsp3) is 0.643. The van der Waals surface area contributed by atoms with Crippen LogP contribution < -0.4 is 10.6 Å². The number of hydrogen-bond acceptors (Lipinski definition) is 5. The van der Waals surface area contributed by atoms with E-state index in [-0.39, 0.29) is 6.04 Å². The van der Waals surface area contributed by atoms with Gasteiger partial charge in [-0.15, -0.1) is 0 Å². The van der Waals surface area contributed by atoms with Gasteiger partial charge in [-0.1, -0.05) is 0 Å². The Morgan fingerprint density at radius 1 is 1.19 bits per heavy atom. The second-order valence-electron chi connectivity index (χ2n) is 5.78. The highest BCUT2D eigenvalue weighted by Gasteiger charge is 2.32. The van der Waals surface area contributed by atoms with E-state index < -0.39 is 10.0 Å². The molecule has 0 aliphatic carbocycles. The number of nitrogens with zero attached hydrogens (tertiary/aromatic N) is 3. The molecule has 21 heavy (non-hydrogen) atoms. The molecule has 0 saturated carbocycles. The molecule has 3 heterocycles. The Kier molecular flexibility index (Phi) is 4.14. The van der Waals surface area contributed by atoms with Gasteiger partial charge in [0.2, 0.25) is 10.0 Å². The molecule has 2 fully saturated rings. The third kappa shape index (κ3) is 2.90. The second-order valence-corrected chi connectivity index (χ2v) is 7.69. The maximum absolute atomic E-state index is 12.8. The van der Waals surface area contributed by atoms with Crippen molar-refractivity contribution in [3.05, 3.63) is 18.3 Å². The van der Waals surface area contributed by atoms with Gasteiger partial charge in [-0.05, 0) is 37.8 Å². The lowest BCUT2D eigenvalue weighted by molar-refractivity contribution is 0.473. The first-order chi connectivity index (χ1) is 10.1. The molecule has 1 aromatic heterocycles. The predicted octanol–water partition coefficient (Wildman–Crippen LogP) is 0.794. The lowest BCUT2D eigenvalue weighted by atomic mass is 10.1. The highest BCUT2D eigenvalue weighted by molar-refractivity contribution is 7.89. The molecule has 0 aromatic carbocycles. The first-order valence-electron chi connectivity index (χ1n) is 7.55. The summed E-state index contributed by atoms with van der Waals surface area (Å²) in [5, 5.41) is 0. The van der Waals surface area contributed by atoms with Crippen LogP contribution in [0, 0.1) is 0 Å². The van der Waals surface area contributed by atoms with Crippen molar-refractivity contribution in [2.45, 2.75) is 36.6 Å². The van der Waals surface area contributed by atoms with Crippen LogP contribution in [0.5, 0.6) is 0 Å². The number of aromatic nitrogens is 1. The van der Waals surface area contributed by atoms with Crippen LogP contribution in [0.15, 0.2) is 23.2 Å². The van der Waals surface area contributed by atoms with Crippen molar-refractivity contribution < 1.29 is 8.42 Å². The van der Waals surface area contributed by atoms with Gasteiger partial charge >= 0.3 is 0 Å². The predicted molar refractivity (Wildman–Crippen MR) is 81.7 cm³/mol. The third-order valence-corrected chi connectivity index (χ3v) is 6.11. The normalized spacial score (nSPS) is 24.4. The van der Waals surface area contributed by atoms with Gasteiger partial charge in [0, 0.05) is 38.4 Å². The second kappa shape index (κ2) is 5.90. The van der Waals surface area contributed by atoms with Crippen LogP contribution in [0.4, 0.5) is 5.82 Å². The smallest absolute Gasteiger partial charge is 0.246 e. The van der Waals surface area contributed by atoms with E-state index in [1.165, 1.54) is 0 Å². The Hall–Kier alpha value is -1.18. The van der Waals surface area contributed by atoms with Gasteiger partial charge in [-0.2, -0.15) is 4.31 Å². The van der Waals surface area contributed by atoms with Crippen LogP contribution in [0.3, 0.4) is 0 Å². The largest absolute Gasteiger partial charge is 0.354 e. The van der Waals surface area contributed by atoms with E-state index >= 15 is 0 Å². The number of rotatable bonds is 3.